The van der Waals surface area contributed by atoms with E-state index in [0.29, 0.717) is 105 Å². The van der Waals surface area contributed by atoms with Crippen molar-refractivity contribution < 1.29 is 66.9 Å². The number of imidazole rings is 1. The molecule has 8 aromatic rings. The van der Waals surface area contributed by atoms with Crippen LogP contribution in [0, 0.1) is 0 Å². The number of carbonyl (C=O) groups is 3. The van der Waals surface area contributed by atoms with E-state index in [0.717, 1.165) is 16.7 Å². The molecule has 0 saturated carbocycles. The van der Waals surface area contributed by atoms with Gasteiger partial charge in [-0.2, -0.15) is 5.10 Å². The summed E-state index contributed by atoms with van der Waals surface area (Å²) in [4.78, 5) is 63.4. The lowest BCUT2D eigenvalue weighted by Gasteiger charge is -2.30. The molecule has 0 bridgehead atoms. The molecule has 0 radical (unpaired) electrons. The highest BCUT2D eigenvalue weighted by molar-refractivity contribution is 6.01. The highest BCUT2D eigenvalue weighted by atomic mass is 16.8. The SMILES string of the molecule is COc1ccc(CNc2ncnc3c2c(-c2ccn(C)n2)cn3[C@@H]2O[C@H](C(=O)N(CCC(NC(=O)OC(C)(C)C)C(=O)O)c3ccc4nc(N(Cc5ccc(OC)cc5OC)Cc5ccc(OC)cc5OC)[nH]c4c3)[C@H]3OC(C)(C)O[C@H]32)c(OC)c1. The molecular weight excluding hydrogens is 1110 g/mol. The molecule has 25 heteroatoms. The Morgan fingerprint density at radius 1 is 0.791 bits per heavy atom. The van der Waals surface area contributed by atoms with Crippen molar-refractivity contribution >= 4 is 57.5 Å². The summed E-state index contributed by atoms with van der Waals surface area (Å²) in [7, 11) is 11.4. The van der Waals surface area contributed by atoms with Crippen molar-refractivity contribution in [2.75, 3.05) is 64.3 Å². The van der Waals surface area contributed by atoms with Crippen LogP contribution in [0.5, 0.6) is 34.5 Å². The zero-order valence-corrected chi connectivity index (χ0v) is 50.0. The summed E-state index contributed by atoms with van der Waals surface area (Å²) in [5.74, 6) is 1.52. The van der Waals surface area contributed by atoms with Crippen LogP contribution in [0.1, 0.15) is 64.0 Å². The number of hydrogen-bond donors (Lipinski definition) is 4. The number of rotatable bonds is 23. The molecule has 5 atom stereocenters. The number of carboxylic acid groups (broad SMARTS) is 1. The molecule has 2 amide bonds. The van der Waals surface area contributed by atoms with Crippen LogP contribution in [-0.4, -0.2) is 142 Å². The number of carbonyl (C=O) groups excluding carboxylic acids is 2. The van der Waals surface area contributed by atoms with Crippen molar-refractivity contribution in [2.24, 2.45) is 7.05 Å². The highest BCUT2D eigenvalue weighted by Crippen LogP contribution is 2.47. The highest BCUT2D eigenvalue weighted by Gasteiger charge is 2.59. The average Bonchev–Trinajstić information content (AvgIpc) is 1.77. The molecule has 4 N–H and O–H groups in total. The van der Waals surface area contributed by atoms with Crippen LogP contribution in [-0.2, 0) is 55.2 Å². The Morgan fingerprint density at radius 3 is 1.99 bits per heavy atom. The Bertz CT molecular complexity index is 3720. The topological polar surface area (TPSA) is 271 Å². The normalized spacial score (nSPS) is 17.4. The number of amides is 2. The second-order valence-electron chi connectivity index (χ2n) is 22.1. The van der Waals surface area contributed by atoms with E-state index in [1.807, 2.05) is 78.9 Å². The fraction of sp³-hybridized carbons (Fsp3) is 0.393. The zero-order chi connectivity index (χ0) is 61.2. The second kappa shape index (κ2) is 24.7. The molecule has 4 aromatic heterocycles. The van der Waals surface area contributed by atoms with Crippen LogP contribution in [0.3, 0.4) is 0 Å². The van der Waals surface area contributed by atoms with Crippen molar-refractivity contribution in [2.45, 2.75) is 103 Å². The van der Waals surface area contributed by atoms with E-state index in [-0.39, 0.29) is 13.0 Å². The zero-order valence-electron chi connectivity index (χ0n) is 50.0. The van der Waals surface area contributed by atoms with E-state index in [9.17, 15) is 14.7 Å². The van der Waals surface area contributed by atoms with E-state index >= 15 is 4.79 Å². The van der Waals surface area contributed by atoms with Crippen molar-refractivity contribution in [3.63, 3.8) is 0 Å². The van der Waals surface area contributed by atoms with Gasteiger partial charge in [0.25, 0.3) is 5.91 Å². The van der Waals surface area contributed by atoms with Gasteiger partial charge in [0, 0.05) is 91.8 Å². The smallest absolute Gasteiger partial charge is 0.408 e. The van der Waals surface area contributed by atoms with Gasteiger partial charge in [0.15, 0.2) is 18.1 Å². The lowest BCUT2D eigenvalue weighted by atomic mass is 10.1. The van der Waals surface area contributed by atoms with Gasteiger partial charge < -0.3 is 82.5 Å². The number of aromatic amines is 1. The molecule has 0 spiro atoms. The van der Waals surface area contributed by atoms with E-state index in [2.05, 4.69) is 15.6 Å². The molecular formula is C61H71N11O14. The lowest BCUT2D eigenvalue weighted by molar-refractivity contribution is -0.196. The molecule has 454 valence electrons. The largest absolute Gasteiger partial charge is 0.497 e. The Labute approximate surface area is 496 Å². The van der Waals surface area contributed by atoms with Crippen LogP contribution >= 0.6 is 0 Å². The van der Waals surface area contributed by atoms with E-state index in [4.69, 9.17) is 67.4 Å². The maximum atomic E-state index is 15.9. The van der Waals surface area contributed by atoms with Crippen LogP contribution < -0.4 is 48.9 Å². The number of aryl methyl sites for hydroxylation is 1. The molecule has 2 fully saturated rings. The minimum Gasteiger partial charge on any atom is -0.497 e. The van der Waals surface area contributed by atoms with Crippen LogP contribution in [0.4, 0.5) is 22.2 Å². The third-order valence-electron chi connectivity index (χ3n) is 14.8. The van der Waals surface area contributed by atoms with Gasteiger partial charge in [0.1, 0.15) is 76.1 Å². The second-order valence-corrected chi connectivity index (χ2v) is 22.1. The lowest BCUT2D eigenvalue weighted by Crippen LogP contribution is -2.49. The molecule has 2 aliphatic rings. The number of H-pyrrole nitrogens is 1. The first-order chi connectivity index (χ1) is 41.2. The Balaban J connectivity index is 1.04. The van der Waals surface area contributed by atoms with Gasteiger partial charge in [-0.15, -0.1) is 0 Å². The van der Waals surface area contributed by atoms with Crippen LogP contribution in [0.15, 0.2) is 97.6 Å². The van der Waals surface area contributed by atoms with Crippen molar-refractivity contribution in [3.05, 3.63) is 114 Å². The monoisotopic (exact) mass is 1180 g/mol. The minimum atomic E-state index is -1.49. The number of alkyl carbamates (subject to hydrolysis) is 1. The third kappa shape index (κ3) is 12.7. The molecule has 10 rings (SSSR count). The number of aromatic nitrogens is 7. The van der Waals surface area contributed by atoms with E-state index in [1.165, 1.54) is 11.2 Å². The van der Waals surface area contributed by atoms with E-state index < -0.39 is 59.9 Å². The summed E-state index contributed by atoms with van der Waals surface area (Å²) in [5.41, 5.74) is 4.72. The predicted octanol–water partition coefficient (Wildman–Crippen LogP) is 8.40. The number of carboxylic acids is 1. The number of fused-ring (bicyclic) bond motifs is 3. The number of nitrogens with one attached hydrogen (secondary N) is 3. The number of nitrogens with zero attached hydrogens (tertiary/aromatic N) is 8. The first-order valence-corrected chi connectivity index (χ1v) is 27.7. The average molecular weight is 1180 g/mol. The van der Waals surface area contributed by atoms with Crippen LogP contribution in [0.25, 0.3) is 33.3 Å². The number of anilines is 3. The fourth-order valence-electron chi connectivity index (χ4n) is 10.7. The molecule has 86 heavy (non-hydrogen) atoms. The van der Waals surface area contributed by atoms with Gasteiger partial charge in [-0.05, 0) is 102 Å². The predicted molar refractivity (Wildman–Crippen MR) is 317 cm³/mol. The van der Waals surface area contributed by atoms with Crippen molar-refractivity contribution in [3.8, 4) is 45.8 Å². The maximum Gasteiger partial charge on any atom is 0.408 e. The van der Waals surface area contributed by atoms with Gasteiger partial charge in [-0.25, -0.2) is 24.5 Å². The molecule has 1 unspecified atom stereocenters. The molecule has 4 aromatic carbocycles. The third-order valence-corrected chi connectivity index (χ3v) is 14.8. The summed E-state index contributed by atoms with van der Waals surface area (Å²) in [6, 6.07) is 22.4. The van der Waals surface area contributed by atoms with Crippen molar-refractivity contribution in [1.29, 1.82) is 0 Å². The first-order valence-electron chi connectivity index (χ1n) is 27.7. The van der Waals surface area contributed by atoms with E-state index in [1.54, 1.807) is 111 Å². The number of benzene rings is 4. The fourth-order valence-corrected chi connectivity index (χ4v) is 10.7. The quantitative estimate of drug-likeness (QED) is 0.0468. The molecule has 0 aliphatic carbocycles. The summed E-state index contributed by atoms with van der Waals surface area (Å²) in [6.45, 7) is 9.23. The van der Waals surface area contributed by atoms with Gasteiger partial charge in [-0.1, -0.05) is 0 Å². The molecule has 2 aliphatic heterocycles. The minimum absolute atomic E-state index is 0.234. The molecule has 25 nitrogen and oxygen atoms in total. The summed E-state index contributed by atoms with van der Waals surface area (Å²) in [6.07, 6.45) is -0.347. The van der Waals surface area contributed by atoms with Crippen LogP contribution in [0.2, 0.25) is 0 Å². The maximum absolute atomic E-state index is 15.9. The van der Waals surface area contributed by atoms with Gasteiger partial charge in [-0.3, -0.25) is 9.48 Å². The Kier molecular flexibility index (Phi) is 17.2. The van der Waals surface area contributed by atoms with Gasteiger partial charge >= 0.3 is 12.1 Å². The standard InChI is InChI=1S/C61H71N11O14/c1-60(2,3)86-59(76)67-44(57(74)75)22-24-71(37-16-20-43-45(25-37)66-58(65-43)70(30-35-14-18-39(78-8)27-47(35)81-11)31-36-15-19-40(79-9)28-48(36)82-12)55(73)51-50-52(85-61(4,5)84-50)56(83-51)72-32-41(42-21-23-69(6)68-42)49-53(63-33-64-54(49)72)62-29-34-13-17-38(77-7)26-46(34)80-10/h13-21,23,25-28,32-33,44,50-52,56H,22,24,29-31H2,1-12H3,(H,65,66)(H,67,76)(H,74,75)(H,62,63,64)/t44?,50-,51+,52-,56-/m1/s1. The Hall–Kier alpha value is -9.33. The van der Waals surface area contributed by atoms with Gasteiger partial charge in [0.2, 0.25) is 5.95 Å². The Morgan fingerprint density at radius 2 is 1.41 bits per heavy atom. The summed E-state index contributed by atoms with van der Waals surface area (Å²) in [5, 5.41) is 21.9. The number of aliphatic carboxylic acids is 1. The number of hydrogen-bond acceptors (Lipinski definition) is 19. The first kappa shape index (κ1) is 59.8. The number of ether oxygens (including phenoxy) is 10. The molecule has 6 heterocycles. The summed E-state index contributed by atoms with van der Waals surface area (Å²) < 4.78 is 63.0. The van der Waals surface area contributed by atoms with Crippen molar-refractivity contribution in [1.82, 2.24) is 39.6 Å². The summed E-state index contributed by atoms with van der Waals surface area (Å²) >= 11 is 0. The number of methoxy groups -OCH3 is 6. The van der Waals surface area contributed by atoms with Gasteiger partial charge in [0.05, 0.1) is 64.8 Å². The molecule has 2 saturated heterocycles.